The van der Waals surface area contributed by atoms with E-state index in [4.69, 9.17) is 9.47 Å². The van der Waals surface area contributed by atoms with Gasteiger partial charge in [0.25, 0.3) is 5.91 Å². The molecule has 1 aliphatic heterocycles. The zero-order valence-electron chi connectivity index (χ0n) is 15.5. The lowest BCUT2D eigenvalue weighted by molar-refractivity contribution is 0.102. The minimum absolute atomic E-state index is 0.191. The van der Waals surface area contributed by atoms with Gasteiger partial charge in [-0.15, -0.1) is 0 Å². The zero-order chi connectivity index (χ0) is 19.3. The van der Waals surface area contributed by atoms with Crippen molar-refractivity contribution in [3.63, 3.8) is 0 Å². The first kappa shape index (κ1) is 17.8. The maximum absolute atomic E-state index is 12.6. The van der Waals surface area contributed by atoms with Gasteiger partial charge in [-0.1, -0.05) is 30.3 Å². The fourth-order valence-electron chi connectivity index (χ4n) is 2.97. The Morgan fingerprint density at radius 3 is 2.71 bits per heavy atom. The molecule has 0 saturated carbocycles. The van der Waals surface area contributed by atoms with E-state index in [1.165, 1.54) is 11.9 Å². The van der Waals surface area contributed by atoms with Crippen LogP contribution in [0.5, 0.6) is 11.5 Å². The van der Waals surface area contributed by atoms with Gasteiger partial charge in [0.1, 0.15) is 17.8 Å². The average molecular weight is 376 g/mol. The zero-order valence-corrected chi connectivity index (χ0v) is 15.5. The Bertz CT molecular complexity index is 978. The summed E-state index contributed by atoms with van der Waals surface area (Å²) in [6.07, 6.45) is 1.41. The molecule has 1 N–H and O–H groups in total. The van der Waals surface area contributed by atoms with Crippen LogP contribution in [-0.4, -0.2) is 29.2 Å². The Balaban J connectivity index is 1.50. The number of hydrogen-bond acceptors (Lipinski definition) is 6. The molecule has 3 aromatic rings. The SMILES string of the molecule is CCN(Cc1ccccc1)c1cc(C(=O)Nc2ccc3c(c2)OCO3)ncn1. The first-order chi connectivity index (χ1) is 13.7. The third-order valence-electron chi connectivity index (χ3n) is 4.44. The Hall–Kier alpha value is -3.61. The molecule has 2 heterocycles. The number of aromatic nitrogens is 2. The number of fused-ring (bicyclic) bond motifs is 1. The van der Waals surface area contributed by atoms with Gasteiger partial charge >= 0.3 is 0 Å². The number of amides is 1. The van der Waals surface area contributed by atoms with Crippen LogP contribution in [0, 0.1) is 0 Å². The van der Waals surface area contributed by atoms with Gasteiger partial charge in [0.2, 0.25) is 6.79 Å². The molecule has 0 aliphatic carbocycles. The molecule has 0 spiro atoms. The Morgan fingerprint density at radius 2 is 1.89 bits per heavy atom. The lowest BCUT2D eigenvalue weighted by Gasteiger charge is -2.22. The van der Waals surface area contributed by atoms with E-state index in [1.807, 2.05) is 18.2 Å². The summed E-state index contributed by atoms with van der Waals surface area (Å²) < 4.78 is 10.6. The molecule has 0 atom stereocenters. The summed E-state index contributed by atoms with van der Waals surface area (Å²) in [6, 6.07) is 17.1. The highest BCUT2D eigenvalue weighted by atomic mass is 16.7. The van der Waals surface area contributed by atoms with Crippen LogP contribution in [0.1, 0.15) is 23.0 Å². The maximum atomic E-state index is 12.6. The van der Waals surface area contributed by atoms with E-state index in [1.54, 1.807) is 24.3 Å². The van der Waals surface area contributed by atoms with Crippen molar-refractivity contribution in [3.8, 4) is 11.5 Å². The molecule has 4 rings (SSSR count). The van der Waals surface area contributed by atoms with Gasteiger partial charge in [-0.3, -0.25) is 4.79 Å². The quantitative estimate of drug-likeness (QED) is 0.710. The van der Waals surface area contributed by atoms with Crippen molar-refractivity contribution in [2.24, 2.45) is 0 Å². The number of nitrogens with zero attached hydrogens (tertiary/aromatic N) is 3. The molecule has 142 valence electrons. The van der Waals surface area contributed by atoms with Crippen LogP contribution < -0.4 is 19.7 Å². The highest BCUT2D eigenvalue weighted by Gasteiger charge is 2.16. The molecule has 1 amide bonds. The van der Waals surface area contributed by atoms with Gasteiger partial charge in [-0.05, 0) is 24.6 Å². The van der Waals surface area contributed by atoms with E-state index >= 15 is 0 Å². The van der Waals surface area contributed by atoms with Gasteiger partial charge in [0.15, 0.2) is 11.5 Å². The van der Waals surface area contributed by atoms with Crippen molar-refractivity contribution < 1.29 is 14.3 Å². The normalized spacial score (nSPS) is 11.9. The van der Waals surface area contributed by atoms with Crippen LogP contribution in [0.25, 0.3) is 0 Å². The summed E-state index contributed by atoms with van der Waals surface area (Å²) in [5, 5.41) is 2.84. The Morgan fingerprint density at radius 1 is 1.07 bits per heavy atom. The molecule has 0 saturated heterocycles. The number of carbonyl (C=O) groups is 1. The summed E-state index contributed by atoms with van der Waals surface area (Å²) in [4.78, 5) is 23.2. The number of anilines is 2. The van der Waals surface area contributed by atoms with Gasteiger partial charge < -0.3 is 19.7 Å². The number of hydrogen-bond donors (Lipinski definition) is 1. The average Bonchev–Trinajstić information content (AvgIpc) is 3.21. The lowest BCUT2D eigenvalue weighted by Crippen LogP contribution is -2.24. The molecule has 2 aromatic carbocycles. The lowest BCUT2D eigenvalue weighted by atomic mass is 10.2. The van der Waals surface area contributed by atoms with Crippen molar-refractivity contribution in [3.05, 3.63) is 72.2 Å². The first-order valence-electron chi connectivity index (χ1n) is 9.05. The van der Waals surface area contributed by atoms with E-state index in [0.29, 0.717) is 35.2 Å². The van der Waals surface area contributed by atoms with Crippen molar-refractivity contribution in [2.45, 2.75) is 13.5 Å². The topological polar surface area (TPSA) is 76.6 Å². The predicted molar refractivity (Wildman–Crippen MR) is 106 cm³/mol. The summed E-state index contributed by atoms with van der Waals surface area (Å²) in [6.45, 7) is 3.71. The van der Waals surface area contributed by atoms with E-state index < -0.39 is 0 Å². The van der Waals surface area contributed by atoms with Crippen LogP contribution in [0.4, 0.5) is 11.5 Å². The Kier molecular flexibility index (Phi) is 5.05. The standard InChI is InChI=1S/C21H20N4O3/c1-2-25(12-15-6-4-3-5-7-15)20-11-17(22-13-23-20)21(26)24-16-8-9-18-19(10-16)28-14-27-18/h3-11,13H,2,12,14H2,1H3,(H,24,26). The second-order valence-corrected chi connectivity index (χ2v) is 6.28. The minimum atomic E-state index is -0.307. The van der Waals surface area contributed by atoms with E-state index in [-0.39, 0.29) is 12.7 Å². The number of rotatable bonds is 6. The van der Waals surface area contributed by atoms with Crippen LogP contribution in [0.3, 0.4) is 0 Å². The molecule has 0 unspecified atom stereocenters. The van der Waals surface area contributed by atoms with E-state index in [2.05, 4.69) is 39.2 Å². The van der Waals surface area contributed by atoms with Crippen LogP contribution in [0.2, 0.25) is 0 Å². The number of nitrogens with one attached hydrogen (secondary N) is 1. The van der Waals surface area contributed by atoms with Crippen molar-refractivity contribution in [1.29, 1.82) is 0 Å². The summed E-state index contributed by atoms with van der Waals surface area (Å²) in [5.74, 6) is 1.68. The second-order valence-electron chi connectivity index (χ2n) is 6.28. The molecular weight excluding hydrogens is 356 g/mol. The molecule has 7 nitrogen and oxygen atoms in total. The van der Waals surface area contributed by atoms with Gasteiger partial charge in [0.05, 0.1) is 0 Å². The van der Waals surface area contributed by atoms with Gasteiger partial charge in [0, 0.05) is 30.9 Å². The smallest absolute Gasteiger partial charge is 0.274 e. The Labute approximate surface area is 163 Å². The molecule has 0 radical (unpaired) electrons. The second kappa shape index (κ2) is 7.96. The van der Waals surface area contributed by atoms with Crippen molar-refractivity contribution >= 4 is 17.4 Å². The molecule has 1 aromatic heterocycles. The minimum Gasteiger partial charge on any atom is -0.454 e. The summed E-state index contributed by atoms with van der Waals surface area (Å²) >= 11 is 0. The fourth-order valence-corrected chi connectivity index (χ4v) is 2.97. The highest BCUT2D eigenvalue weighted by Crippen LogP contribution is 2.34. The van der Waals surface area contributed by atoms with Gasteiger partial charge in [-0.2, -0.15) is 0 Å². The van der Waals surface area contributed by atoms with Gasteiger partial charge in [-0.25, -0.2) is 9.97 Å². The van der Waals surface area contributed by atoms with E-state index in [0.717, 1.165) is 6.54 Å². The third kappa shape index (κ3) is 3.88. The summed E-state index contributed by atoms with van der Waals surface area (Å²) in [7, 11) is 0. The fraction of sp³-hybridized carbons (Fsp3) is 0.190. The number of carbonyl (C=O) groups excluding carboxylic acids is 1. The van der Waals surface area contributed by atoms with Crippen molar-refractivity contribution in [1.82, 2.24) is 9.97 Å². The molecule has 0 fully saturated rings. The van der Waals surface area contributed by atoms with Crippen LogP contribution >= 0.6 is 0 Å². The number of ether oxygens (including phenoxy) is 2. The number of benzene rings is 2. The molecule has 1 aliphatic rings. The highest BCUT2D eigenvalue weighted by molar-refractivity contribution is 6.03. The monoisotopic (exact) mass is 376 g/mol. The van der Waals surface area contributed by atoms with E-state index in [9.17, 15) is 4.79 Å². The van der Waals surface area contributed by atoms with Crippen LogP contribution in [-0.2, 0) is 6.54 Å². The van der Waals surface area contributed by atoms with Crippen molar-refractivity contribution in [2.75, 3.05) is 23.6 Å². The molecular formula is C21H20N4O3. The van der Waals surface area contributed by atoms with Crippen LogP contribution in [0.15, 0.2) is 60.9 Å². The third-order valence-corrected chi connectivity index (χ3v) is 4.44. The maximum Gasteiger partial charge on any atom is 0.274 e. The first-order valence-corrected chi connectivity index (χ1v) is 9.05. The molecule has 7 heteroatoms. The summed E-state index contributed by atoms with van der Waals surface area (Å²) in [5.41, 5.74) is 2.09. The molecule has 0 bridgehead atoms. The molecule has 28 heavy (non-hydrogen) atoms. The largest absolute Gasteiger partial charge is 0.454 e. The predicted octanol–water partition coefficient (Wildman–Crippen LogP) is 3.48.